The van der Waals surface area contributed by atoms with Crippen molar-refractivity contribution in [1.82, 2.24) is 5.32 Å². The van der Waals surface area contributed by atoms with Gasteiger partial charge in [-0.1, -0.05) is 6.42 Å². The number of nitrogens with zero attached hydrogens (tertiary/aromatic N) is 1. The lowest BCUT2D eigenvalue weighted by molar-refractivity contribution is -0.0538. The van der Waals surface area contributed by atoms with Gasteiger partial charge < -0.3 is 5.32 Å². The molecule has 1 atom stereocenters. The predicted molar refractivity (Wildman–Crippen MR) is 75.3 cm³/mol. The summed E-state index contributed by atoms with van der Waals surface area (Å²) < 4.78 is 0. The third kappa shape index (κ3) is 2.11. The van der Waals surface area contributed by atoms with Crippen LogP contribution in [0.3, 0.4) is 0 Å². The summed E-state index contributed by atoms with van der Waals surface area (Å²) in [6, 6.07) is 3.70. The van der Waals surface area contributed by atoms with Crippen LogP contribution < -0.4 is 5.32 Å². The zero-order chi connectivity index (χ0) is 12.8. The maximum Gasteiger partial charge on any atom is 0.0638 e. The Morgan fingerprint density at radius 3 is 2.11 bits per heavy atom. The smallest absolute Gasteiger partial charge is 0.0638 e. The van der Waals surface area contributed by atoms with Gasteiger partial charge in [0, 0.05) is 12.1 Å². The van der Waals surface area contributed by atoms with Crippen LogP contribution >= 0.6 is 0 Å². The Bertz CT molecular complexity index is 351. The molecule has 2 heteroatoms. The Labute approximate surface area is 116 Å². The first-order valence-electron chi connectivity index (χ1n) is 8.46. The summed E-state index contributed by atoms with van der Waals surface area (Å²) in [4.78, 5) is 0. The van der Waals surface area contributed by atoms with Crippen LogP contribution in [0.5, 0.6) is 0 Å². The maximum atomic E-state index is 9.20. The molecule has 5 aliphatic carbocycles. The molecule has 0 radical (unpaired) electrons. The molecule has 5 aliphatic rings. The normalized spacial score (nSPS) is 45.7. The van der Waals surface area contributed by atoms with E-state index in [9.17, 15) is 5.26 Å². The molecule has 0 saturated heterocycles. The molecular weight excluding hydrogens is 232 g/mol. The van der Waals surface area contributed by atoms with Gasteiger partial charge in [0.2, 0.25) is 0 Å². The van der Waals surface area contributed by atoms with Crippen molar-refractivity contribution >= 4 is 0 Å². The van der Waals surface area contributed by atoms with E-state index in [0.29, 0.717) is 6.04 Å². The maximum absolute atomic E-state index is 9.20. The van der Waals surface area contributed by atoms with Gasteiger partial charge in [-0.15, -0.1) is 0 Å². The zero-order valence-electron chi connectivity index (χ0n) is 11.9. The highest BCUT2D eigenvalue weighted by atomic mass is 15.0. The average Bonchev–Trinajstić information content (AvgIpc) is 2.32. The minimum atomic E-state index is 0.505. The molecule has 5 fully saturated rings. The molecule has 2 nitrogen and oxygen atoms in total. The van der Waals surface area contributed by atoms with Crippen molar-refractivity contribution < 1.29 is 0 Å². The van der Waals surface area contributed by atoms with Gasteiger partial charge in [-0.25, -0.2) is 0 Å². The van der Waals surface area contributed by atoms with Gasteiger partial charge in [-0.05, 0) is 74.5 Å². The van der Waals surface area contributed by atoms with E-state index in [1.807, 2.05) is 0 Å². The summed E-state index contributed by atoms with van der Waals surface area (Å²) in [5.74, 6) is 4.81. The Morgan fingerprint density at radius 1 is 1.00 bits per heavy atom. The molecule has 5 rings (SSSR count). The van der Waals surface area contributed by atoms with Gasteiger partial charge >= 0.3 is 0 Å². The van der Waals surface area contributed by atoms with E-state index in [2.05, 4.69) is 11.4 Å². The first-order valence-corrected chi connectivity index (χ1v) is 8.46. The van der Waals surface area contributed by atoms with Crippen molar-refractivity contribution in [3.63, 3.8) is 0 Å². The molecular formula is C17H26N2. The highest BCUT2D eigenvalue weighted by Crippen LogP contribution is 2.57. The lowest BCUT2D eigenvalue weighted by Crippen LogP contribution is -2.55. The quantitative estimate of drug-likeness (QED) is 0.838. The monoisotopic (exact) mass is 258 g/mol. The number of nitrogens with one attached hydrogen (secondary N) is 1. The van der Waals surface area contributed by atoms with E-state index < -0.39 is 0 Å². The van der Waals surface area contributed by atoms with E-state index in [1.54, 1.807) is 0 Å². The van der Waals surface area contributed by atoms with E-state index in [4.69, 9.17) is 0 Å². The fourth-order valence-electron chi connectivity index (χ4n) is 5.91. The van der Waals surface area contributed by atoms with Gasteiger partial charge in [-0.3, -0.25) is 0 Å². The van der Waals surface area contributed by atoms with E-state index in [-0.39, 0.29) is 0 Å². The van der Waals surface area contributed by atoms with Crippen LogP contribution in [0.25, 0.3) is 0 Å². The molecule has 0 aromatic heterocycles. The molecule has 4 bridgehead atoms. The van der Waals surface area contributed by atoms with Gasteiger partial charge in [0.15, 0.2) is 0 Å². The Kier molecular flexibility index (Phi) is 3.07. The molecule has 0 aliphatic heterocycles. The standard InChI is InChI=1S/C17H26N2/c18-5-4-16(19-15-2-1-3-15)17-13-7-11-6-12(9-13)10-14(17)8-11/h11-17,19H,1-4,6-10H2. The number of hydrogen-bond acceptors (Lipinski definition) is 2. The summed E-state index contributed by atoms with van der Waals surface area (Å²) in [5, 5.41) is 13.1. The van der Waals surface area contributed by atoms with Crippen LogP contribution in [-0.2, 0) is 0 Å². The second-order valence-electron chi connectivity index (χ2n) is 7.77. The van der Waals surface area contributed by atoms with Gasteiger partial charge in [-0.2, -0.15) is 5.26 Å². The molecule has 0 aromatic rings. The van der Waals surface area contributed by atoms with Crippen LogP contribution in [0.1, 0.15) is 57.8 Å². The van der Waals surface area contributed by atoms with Crippen molar-refractivity contribution in [2.24, 2.45) is 29.6 Å². The van der Waals surface area contributed by atoms with Crippen molar-refractivity contribution in [3.05, 3.63) is 0 Å². The molecule has 1 unspecified atom stereocenters. The van der Waals surface area contributed by atoms with Crippen LogP contribution in [0.15, 0.2) is 0 Å². The van der Waals surface area contributed by atoms with Gasteiger partial charge in [0.25, 0.3) is 0 Å². The summed E-state index contributed by atoms with van der Waals surface area (Å²) in [7, 11) is 0. The molecule has 0 spiro atoms. The lowest BCUT2D eigenvalue weighted by atomic mass is 9.50. The lowest BCUT2D eigenvalue weighted by Gasteiger charge is -2.56. The highest BCUT2D eigenvalue weighted by molar-refractivity contribution is 5.04. The van der Waals surface area contributed by atoms with Crippen molar-refractivity contribution in [2.75, 3.05) is 0 Å². The Hall–Kier alpha value is -0.550. The first kappa shape index (κ1) is 12.2. The average molecular weight is 258 g/mol. The molecule has 0 heterocycles. The third-order valence-corrected chi connectivity index (χ3v) is 6.63. The summed E-state index contributed by atoms with van der Waals surface area (Å²) in [6.07, 6.45) is 12.3. The van der Waals surface area contributed by atoms with E-state index >= 15 is 0 Å². The Morgan fingerprint density at radius 2 is 1.63 bits per heavy atom. The topological polar surface area (TPSA) is 35.8 Å². The van der Waals surface area contributed by atoms with Crippen molar-refractivity contribution in [3.8, 4) is 6.07 Å². The predicted octanol–water partition coefficient (Wildman–Crippen LogP) is 3.48. The summed E-state index contributed by atoms with van der Waals surface area (Å²) in [5.41, 5.74) is 0. The molecule has 19 heavy (non-hydrogen) atoms. The molecule has 1 N–H and O–H groups in total. The largest absolute Gasteiger partial charge is 0.310 e. The summed E-state index contributed by atoms with van der Waals surface area (Å²) in [6.45, 7) is 0. The number of hydrogen-bond donors (Lipinski definition) is 1. The van der Waals surface area contributed by atoms with Crippen LogP contribution in [-0.4, -0.2) is 12.1 Å². The molecule has 0 amide bonds. The van der Waals surface area contributed by atoms with E-state index in [0.717, 1.165) is 42.1 Å². The van der Waals surface area contributed by atoms with E-state index in [1.165, 1.54) is 51.4 Å². The number of nitriles is 1. The van der Waals surface area contributed by atoms with Crippen LogP contribution in [0, 0.1) is 40.9 Å². The van der Waals surface area contributed by atoms with Gasteiger partial charge in [0.1, 0.15) is 0 Å². The van der Waals surface area contributed by atoms with Crippen LogP contribution in [0.4, 0.5) is 0 Å². The summed E-state index contributed by atoms with van der Waals surface area (Å²) >= 11 is 0. The third-order valence-electron chi connectivity index (χ3n) is 6.63. The van der Waals surface area contributed by atoms with Gasteiger partial charge in [0.05, 0.1) is 12.5 Å². The Balaban J connectivity index is 1.50. The minimum absolute atomic E-state index is 0.505. The van der Waals surface area contributed by atoms with Crippen LogP contribution in [0.2, 0.25) is 0 Å². The second-order valence-corrected chi connectivity index (χ2v) is 7.77. The fraction of sp³-hybridized carbons (Fsp3) is 0.941. The van der Waals surface area contributed by atoms with Crippen molar-refractivity contribution in [1.29, 1.82) is 5.26 Å². The minimum Gasteiger partial charge on any atom is -0.310 e. The molecule has 104 valence electrons. The van der Waals surface area contributed by atoms with Crippen molar-refractivity contribution in [2.45, 2.75) is 69.9 Å². The zero-order valence-corrected chi connectivity index (χ0v) is 11.9. The molecule has 5 saturated carbocycles. The first-order chi connectivity index (χ1) is 9.33. The molecule has 0 aromatic carbocycles. The second kappa shape index (κ2) is 4.77. The fourth-order valence-corrected chi connectivity index (χ4v) is 5.91. The SMILES string of the molecule is N#CCC(NC1CCC1)C1C2CC3CC(C2)CC1C3. The highest BCUT2D eigenvalue weighted by Gasteiger charge is 2.50. The number of rotatable bonds is 4.